The van der Waals surface area contributed by atoms with Crippen LogP contribution >= 0.6 is 0 Å². The van der Waals surface area contributed by atoms with Crippen LogP contribution in [0.2, 0.25) is 0 Å². The lowest BCUT2D eigenvalue weighted by atomic mass is 10.2. The first-order valence-electron chi connectivity index (χ1n) is 4.59. The number of amides is 1. The van der Waals surface area contributed by atoms with Crippen molar-refractivity contribution in [3.63, 3.8) is 0 Å². The fraction of sp³-hybridized carbons (Fsp3) is 0.300. The summed E-state index contributed by atoms with van der Waals surface area (Å²) >= 11 is 0. The second-order valence-electron chi connectivity index (χ2n) is 3.15. The van der Waals surface area contributed by atoms with Gasteiger partial charge in [-0.3, -0.25) is 4.79 Å². The molecule has 0 bridgehead atoms. The summed E-state index contributed by atoms with van der Waals surface area (Å²) in [6.45, 7) is 1.83. The summed E-state index contributed by atoms with van der Waals surface area (Å²) in [7, 11) is 0. The molecule has 0 aliphatic rings. The van der Waals surface area contributed by atoms with Crippen molar-refractivity contribution < 1.29 is 13.6 Å². The van der Waals surface area contributed by atoms with Gasteiger partial charge in [0.1, 0.15) is 11.6 Å². The maximum atomic E-state index is 13.1. The number of hydrogen-bond acceptors (Lipinski definition) is 2. The number of nitrogens with two attached hydrogens (primary N) is 1. The number of nitrogens with one attached hydrogen (secondary N) is 1. The molecule has 1 aromatic rings. The number of benzene rings is 1. The molecule has 82 valence electrons. The van der Waals surface area contributed by atoms with Crippen LogP contribution in [0.15, 0.2) is 12.1 Å². The summed E-state index contributed by atoms with van der Waals surface area (Å²) < 4.78 is 25.9. The van der Waals surface area contributed by atoms with Crippen LogP contribution in [0.4, 0.5) is 20.2 Å². The highest BCUT2D eigenvalue weighted by Gasteiger charge is 2.09. The molecule has 0 heterocycles. The molecule has 0 aromatic heterocycles. The van der Waals surface area contributed by atoms with E-state index < -0.39 is 11.6 Å². The van der Waals surface area contributed by atoms with Crippen LogP contribution in [0.1, 0.15) is 19.8 Å². The zero-order valence-corrected chi connectivity index (χ0v) is 8.31. The van der Waals surface area contributed by atoms with E-state index in [9.17, 15) is 13.6 Å². The Morgan fingerprint density at radius 3 is 2.67 bits per heavy atom. The van der Waals surface area contributed by atoms with Crippen LogP contribution in [-0.2, 0) is 4.79 Å². The highest BCUT2D eigenvalue weighted by molar-refractivity contribution is 5.91. The van der Waals surface area contributed by atoms with Crippen molar-refractivity contribution in [1.29, 1.82) is 0 Å². The molecule has 5 heteroatoms. The molecule has 0 unspecified atom stereocenters. The lowest BCUT2D eigenvalue weighted by molar-refractivity contribution is -0.116. The Kier molecular flexibility index (Phi) is 3.60. The molecule has 1 rings (SSSR count). The van der Waals surface area contributed by atoms with E-state index in [0.717, 1.165) is 6.07 Å². The summed E-state index contributed by atoms with van der Waals surface area (Å²) in [6.07, 6.45) is 0.945. The van der Waals surface area contributed by atoms with E-state index in [0.29, 0.717) is 12.5 Å². The summed E-state index contributed by atoms with van der Waals surface area (Å²) in [5, 5.41) is 2.32. The van der Waals surface area contributed by atoms with Gasteiger partial charge in [-0.05, 0) is 12.5 Å². The minimum atomic E-state index is -0.832. The van der Waals surface area contributed by atoms with Crippen LogP contribution < -0.4 is 11.1 Å². The van der Waals surface area contributed by atoms with Gasteiger partial charge in [0.15, 0.2) is 0 Å². The Hall–Kier alpha value is -1.65. The molecule has 0 aliphatic carbocycles. The Morgan fingerprint density at radius 2 is 2.07 bits per heavy atom. The third kappa shape index (κ3) is 2.90. The molecule has 0 atom stereocenters. The Balaban J connectivity index is 2.86. The molecule has 0 spiro atoms. The zero-order valence-electron chi connectivity index (χ0n) is 8.31. The van der Waals surface area contributed by atoms with Crippen LogP contribution in [0.3, 0.4) is 0 Å². The summed E-state index contributed by atoms with van der Waals surface area (Å²) in [6, 6.07) is 1.72. The second-order valence-corrected chi connectivity index (χ2v) is 3.15. The van der Waals surface area contributed by atoms with Gasteiger partial charge in [0.25, 0.3) is 0 Å². The van der Waals surface area contributed by atoms with Crippen molar-refractivity contribution in [3.05, 3.63) is 23.8 Å². The summed E-state index contributed by atoms with van der Waals surface area (Å²) in [5.41, 5.74) is 4.96. The van der Waals surface area contributed by atoms with Crippen molar-refractivity contribution in [2.75, 3.05) is 11.1 Å². The van der Waals surface area contributed by atoms with E-state index in [1.54, 1.807) is 0 Å². The van der Waals surface area contributed by atoms with Gasteiger partial charge in [-0.1, -0.05) is 6.92 Å². The first kappa shape index (κ1) is 11.4. The van der Waals surface area contributed by atoms with E-state index in [1.165, 1.54) is 0 Å². The summed E-state index contributed by atoms with van der Waals surface area (Å²) in [5.74, 6) is -1.98. The van der Waals surface area contributed by atoms with E-state index in [-0.39, 0.29) is 23.7 Å². The molecule has 3 N–H and O–H groups in total. The van der Waals surface area contributed by atoms with E-state index in [2.05, 4.69) is 5.32 Å². The zero-order chi connectivity index (χ0) is 11.4. The molecular formula is C10H12F2N2O. The van der Waals surface area contributed by atoms with Gasteiger partial charge in [0, 0.05) is 12.5 Å². The Bertz CT molecular complexity index is 380. The van der Waals surface area contributed by atoms with Crippen molar-refractivity contribution in [2.45, 2.75) is 19.8 Å². The van der Waals surface area contributed by atoms with Gasteiger partial charge >= 0.3 is 0 Å². The Morgan fingerprint density at radius 1 is 1.40 bits per heavy atom. The van der Waals surface area contributed by atoms with Crippen LogP contribution in [0.25, 0.3) is 0 Å². The smallest absolute Gasteiger partial charge is 0.224 e. The number of carbonyl (C=O) groups excluding carboxylic acids is 1. The molecular weight excluding hydrogens is 202 g/mol. The van der Waals surface area contributed by atoms with Crippen molar-refractivity contribution in [2.24, 2.45) is 0 Å². The largest absolute Gasteiger partial charge is 0.396 e. The van der Waals surface area contributed by atoms with Gasteiger partial charge in [-0.2, -0.15) is 0 Å². The monoisotopic (exact) mass is 214 g/mol. The topological polar surface area (TPSA) is 55.1 Å². The molecule has 0 fully saturated rings. The SMILES string of the molecule is CCCC(=O)Nc1cc(N)c(F)cc1F. The Labute approximate surface area is 86.3 Å². The molecule has 0 aliphatic heterocycles. The number of anilines is 2. The fourth-order valence-electron chi connectivity index (χ4n) is 1.10. The molecule has 0 saturated carbocycles. The van der Waals surface area contributed by atoms with Gasteiger partial charge in [0.2, 0.25) is 5.91 Å². The predicted molar refractivity (Wildman–Crippen MR) is 54.3 cm³/mol. The maximum Gasteiger partial charge on any atom is 0.224 e. The first-order chi connectivity index (χ1) is 7.04. The van der Waals surface area contributed by atoms with Crippen molar-refractivity contribution >= 4 is 17.3 Å². The molecule has 0 radical (unpaired) electrons. The van der Waals surface area contributed by atoms with Crippen LogP contribution in [0, 0.1) is 11.6 Å². The predicted octanol–water partition coefficient (Wildman–Crippen LogP) is 2.29. The third-order valence-corrected chi connectivity index (χ3v) is 1.84. The van der Waals surface area contributed by atoms with Gasteiger partial charge in [-0.25, -0.2) is 8.78 Å². The highest BCUT2D eigenvalue weighted by atomic mass is 19.1. The minimum Gasteiger partial charge on any atom is -0.396 e. The quantitative estimate of drug-likeness (QED) is 0.758. The maximum absolute atomic E-state index is 13.1. The highest BCUT2D eigenvalue weighted by Crippen LogP contribution is 2.21. The third-order valence-electron chi connectivity index (χ3n) is 1.84. The number of carbonyl (C=O) groups is 1. The molecule has 0 saturated heterocycles. The molecule has 1 aromatic carbocycles. The number of hydrogen-bond donors (Lipinski definition) is 2. The normalized spacial score (nSPS) is 10.1. The van der Waals surface area contributed by atoms with Crippen LogP contribution in [0.5, 0.6) is 0 Å². The number of rotatable bonds is 3. The average molecular weight is 214 g/mol. The molecule has 3 nitrogen and oxygen atoms in total. The van der Waals surface area contributed by atoms with Gasteiger partial charge in [0.05, 0.1) is 11.4 Å². The second kappa shape index (κ2) is 4.72. The van der Waals surface area contributed by atoms with Crippen molar-refractivity contribution in [3.8, 4) is 0 Å². The standard InChI is InChI=1S/C10H12F2N2O/c1-2-3-10(15)14-9-5-8(13)6(11)4-7(9)12/h4-5H,2-3,13H2,1H3,(H,14,15). The minimum absolute atomic E-state index is 0.0904. The van der Waals surface area contributed by atoms with Gasteiger partial charge < -0.3 is 11.1 Å². The lowest BCUT2D eigenvalue weighted by Gasteiger charge is -2.07. The van der Waals surface area contributed by atoms with E-state index >= 15 is 0 Å². The first-order valence-corrected chi connectivity index (χ1v) is 4.59. The number of nitrogen functional groups attached to an aromatic ring is 1. The van der Waals surface area contributed by atoms with Gasteiger partial charge in [-0.15, -0.1) is 0 Å². The van der Waals surface area contributed by atoms with E-state index in [4.69, 9.17) is 5.73 Å². The average Bonchev–Trinajstić information content (AvgIpc) is 2.14. The van der Waals surface area contributed by atoms with Crippen molar-refractivity contribution in [1.82, 2.24) is 0 Å². The number of halogens is 2. The molecule has 15 heavy (non-hydrogen) atoms. The molecule has 1 amide bonds. The lowest BCUT2D eigenvalue weighted by Crippen LogP contribution is -2.12. The fourth-order valence-corrected chi connectivity index (χ4v) is 1.10. The van der Waals surface area contributed by atoms with Crippen LogP contribution in [-0.4, -0.2) is 5.91 Å². The van der Waals surface area contributed by atoms with E-state index in [1.807, 2.05) is 6.92 Å². The summed E-state index contributed by atoms with van der Waals surface area (Å²) in [4.78, 5) is 11.1.